The van der Waals surface area contributed by atoms with E-state index in [1.807, 2.05) is 0 Å². The van der Waals surface area contributed by atoms with E-state index in [2.05, 4.69) is 5.32 Å². The van der Waals surface area contributed by atoms with Crippen LogP contribution >= 0.6 is 0 Å². The molecule has 1 saturated heterocycles. The number of furan rings is 1. The maximum atomic E-state index is 10.8. The molecule has 1 aliphatic rings. The van der Waals surface area contributed by atoms with Gasteiger partial charge in [-0.2, -0.15) is 0 Å². The average molecular weight is 253 g/mol. The number of ether oxygens (including phenoxy) is 1. The molecule has 5 nitrogen and oxygen atoms in total. The predicted molar refractivity (Wildman–Crippen MR) is 65.7 cm³/mol. The lowest BCUT2D eigenvalue weighted by Gasteiger charge is -2.22. The molecule has 0 spiro atoms. The summed E-state index contributed by atoms with van der Waals surface area (Å²) >= 11 is 0. The smallest absolute Gasteiger partial charge is 0.372 e. The number of nitrogens with one attached hydrogen (secondary N) is 1. The number of carboxylic acids is 1. The van der Waals surface area contributed by atoms with Crippen LogP contribution in [-0.4, -0.2) is 30.3 Å². The molecule has 0 amide bonds. The fourth-order valence-corrected chi connectivity index (χ4v) is 2.20. The first-order chi connectivity index (χ1) is 8.66. The van der Waals surface area contributed by atoms with E-state index in [4.69, 9.17) is 14.3 Å². The van der Waals surface area contributed by atoms with Crippen LogP contribution in [0.3, 0.4) is 0 Å². The zero-order chi connectivity index (χ0) is 13.0. The topological polar surface area (TPSA) is 71.7 Å². The number of hydrogen-bond donors (Lipinski definition) is 2. The van der Waals surface area contributed by atoms with Crippen molar-refractivity contribution in [2.24, 2.45) is 0 Å². The summed E-state index contributed by atoms with van der Waals surface area (Å²) in [5, 5.41) is 12.3. The molecule has 1 aromatic rings. The highest BCUT2D eigenvalue weighted by atomic mass is 16.5. The fraction of sp³-hybridized carbons (Fsp3) is 0.615. The van der Waals surface area contributed by atoms with Crippen molar-refractivity contribution in [3.63, 3.8) is 0 Å². The maximum Gasteiger partial charge on any atom is 0.372 e. The Morgan fingerprint density at radius 3 is 3.06 bits per heavy atom. The van der Waals surface area contributed by atoms with Crippen LogP contribution < -0.4 is 5.32 Å². The van der Waals surface area contributed by atoms with Crippen LogP contribution in [0.15, 0.2) is 10.5 Å². The summed E-state index contributed by atoms with van der Waals surface area (Å²) in [5.74, 6) is -0.460. The van der Waals surface area contributed by atoms with Crippen molar-refractivity contribution in [1.82, 2.24) is 5.32 Å². The SMILES string of the molecule is Cc1cc(COCC2CCCCN2)oc1C(=O)O. The Bertz CT molecular complexity index is 407. The first-order valence-electron chi connectivity index (χ1n) is 6.30. The molecule has 1 atom stereocenters. The summed E-state index contributed by atoms with van der Waals surface area (Å²) < 4.78 is 10.8. The number of carbonyl (C=O) groups is 1. The molecule has 2 heterocycles. The summed E-state index contributed by atoms with van der Waals surface area (Å²) in [5.41, 5.74) is 0.636. The number of piperidine rings is 1. The third-order valence-corrected chi connectivity index (χ3v) is 3.14. The number of aryl methyl sites for hydroxylation is 1. The normalized spacial score (nSPS) is 19.9. The largest absolute Gasteiger partial charge is 0.475 e. The molecular formula is C13H19NO4. The van der Waals surface area contributed by atoms with E-state index in [1.165, 1.54) is 12.8 Å². The van der Waals surface area contributed by atoms with Gasteiger partial charge in [-0.1, -0.05) is 6.42 Å². The first kappa shape index (κ1) is 13.1. The summed E-state index contributed by atoms with van der Waals surface area (Å²) in [4.78, 5) is 10.8. The second-order valence-corrected chi connectivity index (χ2v) is 4.69. The lowest BCUT2D eigenvalue weighted by atomic mass is 10.1. The van der Waals surface area contributed by atoms with Gasteiger partial charge in [-0.05, 0) is 32.4 Å². The molecule has 100 valence electrons. The predicted octanol–water partition coefficient (Wildman–Crippen LogP) is 1.94. The molecule has 5 heteroatoms. The Kier molecular flexibility index (Phi) is 4.38. The van der Waals surface area contributed by atoms with Crippen LogP contribution in [0.1, 0.15) is 41.1 Å². The van der Waals surface area contributed by atoms with Gasteiger partial charge >= 0.3 is 5.97 Å². The van der Waals surface area contributed by atoms with Gasteiger partial charge < -0.3 is 19.6 Å². The molecule has 1 fully saturated rings. The van der Waals surface area contributed by atoms with E-state index in [-0.39, 0.29) is 5.76 Å². The van der Waals surface area contributed by atoms with E-state index in [0.29, 0.717) is 30.6 Å². The number of rotatable bonds is 5. The van der Waals surface area contributed by atoms with E-state index in [9.17, 15) is 4.79 Å². The minimum absolute atomic E-state index is 0.00407. The van der Waals surface area contributed by atoms with Gasteiger partial charge in [0.2, 0.25) is 5.76 Å². The molecule has 1 aliphatic heterocycles. The lowest BCUT2D eigenvalue weighted by molar-refractivity contribution is 0.0629. The van der Waals surface area contributed by atoms with Crippen molar-refractivity contribution in [1.29, 1.82) is 0 Å². The molecule has 0 bridgehead atoms. The molecule has 0 aromatic carbocycles. The van der Waals surface area contributed by atoms with Gasteiger partial charge in [0.15, 0.2) is 0 Å². The summed E-state index contributed by atoms with van der Waals surface area (Å²) in [6, 6.07) is 2.13. The lowest BCUT2D eigenvalue weighted by Crippen LogP contribution is -2.37. The van der Waals surface area contributed by atoms with E-state index in [0.717, 1.165) is 13.0 Å². The van der Waals surface area contributed by atoms with Crippen LogP contribution in [0.4, 0.5) is 0 Å². The van der Waals surface area contributed by atoms with Crippen molar-refractivity contribution >= 4 is 5.97 Å². The monoisotopic (exact) mass is 253 g/mol. The van der Waals surface area contributed by atoms with Crippen LogP contribution in [0.5, 0.6) is 0 Å². The van der Waals surface area contributed by atoms with Gasteiger partial charge in [0, 0.05) is 11.6 Å². The van der Waals surface area contributed by atoms with Gasteiger partial charge in [-0.3, -0.25) is 0 Å². The van der Waals surface area contributed by atoms with Gasteiger partial charge in [-0.15, -0.1) is 0 Å². The van der Waals surface area contributed by atoms with Crippen LogP contribution in [0.2, 0.25) is 0 Å². The summed E-state index contributed by atoms with van der Waals surface area (Å²) in [7, 11) is 0. The zero-order valence-corrected chi connectivity index (χ0v) is 10.6. The number of aromatic carboxylic acids is 1. The van der Waals surface area contributed by atoms with Crippen molar-refractivity contribution in [2.75, 3.05) is 13.2 Å². The Balaban J connectivity index is 1.79. The Labute approximate surface area is 106 Å². The van der Waals surface area contributed by atoms with E-state index >= 15 is 0 Å². The minimum Gasteiger partial charge on any atom is -0.475 e. The Hall–Kier alpha value is -1.33. The van der Waals surface area contributed by atoms with Crippen LogP contribution in [0, 0.1) is 6.92 Å². The van der Waals surface area contributed by atoms with E-state index in [1.54, 1.807) is 13.0 Å². The number of carboxylic acid groups (broad SMARTS) is 1. The van der Waals surface area contributed by atoms with Gasteiger partial charge in [0.1, 0.15) is 12.4 Å². The molecule has 2 N–H and O–H groups in total. The van der Waals surface area contributed by atoms with Crippen molar-refractivity contribution < 1.29 is 19.1 Å². The average Bonchev–Trinajstić information content (AvgIpc) is 2.72. The second kappa shape index (κ2) is 6.02. The Morgan fingerprint density at radius 1 is 1.61 bits per heavy atom. The summed E-state index contributed by atoms with van der Waals surface area (Å²) in [6.07, 6.45) is 3.61. The quantitative estimate of drug-likeness (QED) is 0.839. The molecule has 0 saturated carbocycles. The van der Waals surface area contributed by atoms with Crippen LogP contribution in [0.25, 0.3) is 0 Å². The van der Waals surface area contributed by atoms with Crippen molar-refractivity contribution in [3.05, 3.63) is 23.2 Å². The van der Waals surface area contributed by atoms with Crippen molar-refractivity contribution in [3.8, 4) is 0 Å². The minimum atomic E-state index is -1.03. The molecule has 18 heavy (non-hydrogen) atoms. The van der Waals surface area contributed by atoms with E-state index < -0.39 is 5.97 Å². The molecule has 0 aliphatic carbocycles. The third-order valence-electron chi connectivity index (χ3n) is 3.14. The summed E-state index contributed by atoms with van der Waals surface area (Å²) in [6.45, 7) is 3.74. The molecule has 0 radical (unpaired) electrons. The van der Waals surface area contributed by atoms with Crippen molar-refractivity contribution in [2.45, 2.75) is 38.8 Å². The number of hydrogen-bond acceptors (Lipinski definition) is 4. The standard InChI is InChI=1S/C13H19NO4/c1-9-6-11(18-12(9)13(15)16)8-17-7-10-4-2-3-5-14-10/h6,10,14H,2-5,7-8H2,1H3,(H,15,16). The molecule has 1 unspecified atom stereocenters. The van der Waals surface area contributed by atoms with Gasteiger partial charge in [0.05, 0.1) is 6.61 Å². The first-order valence-corrected chi connectivity index (χ1v) is 6.30. The third kappa shape index (κ3) is 3.34. The highest BCUT2D eigenvalue weighted by Gasteiger charge is 2.15. The zero-order valence-electron chi connectivity index (χ0n) is 10.6. The highest BCUT2D eigenvalue weighted by Crippen LogP contribution is 2.16. The second-order valence-electron chi connectivity index (χ2n) is 4.69. The van der Waals surface area contributed by atoms with Gasteiger partial charge in [0.25, 0.3) is 0 Å². The molecule has 2 rings (SSSR count). The molecular weight excluding hydrogens is 234 g/mol. The Morgan fingerprint density at radius 2 is 2.44 bits per heavy atom. The molecule has 1 aromatic heterocycles. The maximum absolute atomic E-state index is 10.8. The fourth-order valence-electron chi connectivity index (χ4n) is 2.20. The highest BCUT2D eigenvalue weighted by molar-refractivity contribution is 5.86. The van der Waals surface area contributed by atoms with Gasteiger partial charge in [-0.25, -0.2) is 4.79 Å². The van der Waals surface area contributed by atoms with Crippen LogP contribution in [-0.2, 0) is 11.3 Å².